The molecule has 0 unspecified atom stereocenters. The normalized spacial score (nSPS) is 15.3. The summed E-state index contributed by atoms with van der Waals surface area (Å²) in [6.07, 6.45) is 1.09. The molecule has 0 spiro atoms. The lowest BCUT2D eigenvalue weighted by Crippen LogP contribution is -2.35. The van der Waals surface area contributed by atoms with Gasteiger partial charge in [0.15, 0.2) is 11.5 Å². The smallest absolute Gasteiger partial charge is 0.369 e. The lowest BCUT2D eigenvalue weighted by atomic mass is 9.95. The van der Waals surface area contributed by atoms with Gasteiger partial charge in [-0.15, -0.1) is 10.2 Å². The third-order valence-electron chi connectivity index (χ3n) is 5.73. The molecule has 0 amide bonds. The monoisotopic (exact) mass is 475 g/mol. The molecular formula is C21H17ClF3N7O. The molecule has 0 bridgehead atoms. The summed E-state index contributed by atoms with van der Waals surface area (Å²) in [6, 6.07) is 7.67. The van der Waals surface area contributed by atoms with E-state index in [-0.39, 0.29) is 16.8 Å². The second kappa shape index (κ2) is 8.14. The van der Waals surface area contributed by atoms with Crippen LogP contribution in [0.25, 0.3) is 11.5 Å². The standard InChI is InChI=1S/C21H17ClF3N7O/c22-18-15(12-27-32(20(18)33)16-5-4-14(11-26-16)21(23,24)25)30-9-6-13(7-10-30)19-29-28-17-3-1-2-8-31(17)19/h1-5,8,11-13H,6-7,9-10H2. The minimum absolute atomic E-state index is 0.0427. The average molecular weight is 476 g/mol. The van der Waals surface area contributed by atoms with Crippen LogP contribution >= 0.6 is 11.6 Å². The third-order valence-corrected chi connectivity index (χ3v) is 6.09. The van der Waals surface area contributed by atoms with E-state index < -0.39 is 17.3 Å². The lowest BCUT2D eigenvalue weighted by molar-refractivity contribution is -0.137. The third kappa shape index (κ3) is 3.92. The fraction of sp³-hybridized carbons (Fsp3) is 0.286. The molecular weight excluding hydrogens is 459 g/mol. The van der Waals surface area contributed by atoms with Crippen LogP contribution in [0.2, 0.25) is 5.02 Å². The number of alkyl halides is 3. The van der Waals surface area contributed by atoms with Crippen molar-refractivity contribution in [2.75, 3.05) is 18.0 Å². The van der Waals surface area contributed by atoms with Gasteiger partial charge in [0.25, 0.3) is 5.56 Å². The van der Waals surface area contributed by atoms with Crippen LogP contribution in [0.1, 0.15) is 30.1 Å². The van der Waals surface area contributed by atoms with Gasteiger partial charge in [-0.25, -0.2) is 4.98 Å². The van der Waals surface area contributed by atoms with Gasteiger partial charge in [0, 0.05) is 31.4 Å². The average Bonchev–Trinajstić information content (AvgIpc) is 3.25. The SMILES string of the molecule is O=c1c(Cl)c(N2CCC(c3nnc4ccccn34)CC2)cnn1-c1ccc(C(F)(F)F)cn1. The molecule has 33 heavy (non-hydrogen) atoms. The van der Waals surface area contributed by atoms with Crippen molar-refractivity contribution >= 4 is 22.9 Å². The Hall–Kier alpha value is -3.47. The molecule has 8 nitrogen and oxygen atoms in total. The Morgan fingerprint density at radius 1 is 1.03 bits per heavy atom. The maximum Gasteiger partial charge on any atom is 0.417 e. The first kappa shape index (κ1) is 21.4. The number of aromatic nitrogens is 6. The van der Waals surface area contributed by atoms with E-state index in [1.165, 1.54) is 6.20 Å². The van der Waals surface area contributed by atoms with Gasteiger partial charge in [0.2, 0.25) is 0 Å². The fourth-order valence-corrected chi connectivity index (χ4v) is 4.25. The highest BCUT2D eigenvalue weighted by atomic mass is 35.5. The maximum atomic E-state index is 12.8. The van der Waals surface area contributed by atoms with Gasteiger partial charge in [0.1, 0.15) is 10.8 Å². The van der Waals surface area contributed by atoms with Crippen LogP contribution in [0.4, 0.5) is 18.9 Å². The Bertz CT molecular complexity index is 1360. The summed E-state index contributed by atoms with van der Waals surface area (Å²) in [7, 11) is 0. The number of nitrogens with zero attached hydrogens (tertiary/aromatic N) is 7. The summed E-state index contributed by atoms with van der Waals surface area (Å²) in [5.74, 6) is 1.07. The van der Waals surface area contributed by atoms with Crippen molar-refractivity contribution in [2.45, 2.75) is 24.9 Å². The van der Waals surface area contributed by atoms with E-state index in [0.29, 0.717) is 25.0 Å². The Kier molecular flexibility index (Phi) is 5.28. The summed E-state index contributed by atoms with van der Waals surface area (Å²) in [5.41, 5.74) is -0.283. The number of rotatable bonds is 3. The van der Waals surface area contributed by atoms with Gasteiger partial charge in [0.05, 0.1) is 17.4 Å². The van der Waals surface area contributed by atoms with E-state index in [2.05, 4.69) is 20.3 Å². The van der Waals surface area contributed by atoms with Gasteiger partial charge in [-0.3, -0.25) is 9.20 Å². The number of pyridine rings is 2. The highest BCUT2D eigenvalue weighted by molar-refractivity contribution is 6.33. The summed E-state index contributed by atoms with van der Waals surface area (Å²) in [6.45, 7) is 1.27. The van der Waals surface area contributed by atoms with Gasteiger partial charge < -0.3 is 4.90 Å². The van der Waals surface area contributed by atoms with Crippen LogP contribution in [-0.2, 0) is 6.18 Å². The molecule has 4 aromatic rings. The molecule has 1 saturated heterocycles. The molecule has 0 atom stereocenters. The summed E-state index contributed by atoms with van der Waals surface area (Å²) in [5, 5.41) is 12.6. The molecule has 1 aliphatic heterocycles. The van der Waals surface area contributed by atoms with E-state index in [9.17, 15) is 18.0 Å². The number of anilines is 1. The van der Waals surface area contributed by atoms with Crippen LogP contribution in [0.3, 0.4) is 0 Å². The Labute approximate surface area is 190 Å². The van der Waals surface area contributed by atoms with Gasteiger partial charge >= 0.3 is 6.18 Å². The first-order valence-electron chi connectivity index (χ1n) is 10.2. The quantitative estimate of drug-likeness (QED) is 0.449. The maximum absolute atomic E-state index is 12.8. The second-order valence-corrected chi connectivity index (χ2v) is 8.09. The van der Waals surface area contributed by atoms with E-state index in [0.717, 1.165) is 41.1 Å². The zero-order valence-corrected chi connectivity index (χ0v) is 17.8. The van der Waals surface area contributed by atoms with Crippen LogP contribution in [0.15, 0.2) is 53.7 Å². The molecule has 12 heteroatoms. The number of fused-ring (bicyclic) bond motifs is 1. The Morgan fingerprint density at radius 3 is 2.52 bits per heavy atom. The molecule has 4 aromatic heterocycles. The van der Waals surface area contributed by atoms with E-state index in [4.69, 9.17) is 11.6 Å². The first-order valence-corrected chi connectivity index (χ1v) is 10.6. The van der Waals surface area contributed by atoms with Crippen molar-refractivity contribution in [3.63, 3.8) is 0 Å². The minimum atomic E-state index is -4.52. The summed E-state index contributed by atoms with van der Waals surface area (Å²) < 4.78 is 41.1. The van der Waals surface area contributed by atoms with Crippen molar-refractivity contribution in [3.05, 3.63) is 75.7 Å². The van der Waals surface area contributed by atoms with E-state index >= 15 is 0 Å². The molecule has 0 saturated carbocycles. The van der Waals surface area contributed by atoms with Crippen molar-refractivity contribution in [1.82, 2.24) is 29.4 Å². The first-order chi connectivity index (χ1) is 15.8. The van der Waals surface area contributed by atoms with Crippen molar-refractivity contribution in [2.24, 2.45) is 0 Å². The highest BCUT2D eigenvalue weighted by Gasteiger charge is 2.31. The molecule has 1 aliphatic rings. The predicted octanol–water partition coefficient (Wildman–Crippen LogP) is 3.73. The summed E-state index contributed by atoms with van der Waals surface area (Å²) in [4.78, 5) is 18.5. The van der Waals surface area contributed by atoms with E-state index in [1.807, 2.05) is 33.7 Å². The van der Waals surface area contributed by atoms with Gasteiger partial charge in [-0.05, 0) is 37.1 Å². The van der Waals surface area contributed by atoms with Crippen molar-refractivity contribution in [3.8, 4) is 5.82 Å². The lowest BCUT2D eigenvalue weighted by Gasteiger charge is -2.33. The van der Waals surface area contributed by atoms with Crippen molar-refractivity contribution in [1.29, 1.82) is 0 Å². The molecule has 1 fully saturated rings. The predicted molar refractivity (Wildman–Crippen MR) is 115 cm³/mol. The fourth-order valence-electron chi connectivity index (χ4n) is 4.00. The second-order valence-electron chi connectivity index (χ2n) is 7.71. The number of hydrogen-bond acceptors (Lipinski definition) is 6. The van der Waals surface area contributed by atoms with Crippen LogP contribution < -0.4 is 10.5 Å². The molecule has 0 N–H and O–H groups in total. The largest absolute Gasteiger partial charge is 0.417 e. The summed E-state index contributed by atoms with van der Waals surface area (Å²) >= 11 is 6.35. The zero-order valence-electron chi connectivity index (χ0n) is 17.1. The van der Waals surface area contributed by atoms with Crippen LogP contribution in [0.5, 0.6) is 0 Å². The number of halogens is 4. The molecule has 5 heterocycles. The zero-order chi connectivity index (χ0) is 23.2. The highest BCUT2D eigenvalue weighted by Crippen LogP contribution is 2.32. The van der Waals surface area contributed by atoms with Crippen LogP contribution in [0, 0.1) is 0 Å². The van der Waals surface area contributed by atoms with Crippen molar-refractivity contribution < 1.29 is 13.2 Å². The number of piperidine rings is 1. The molecule has 170 valence electrons. The Morgan fingerprint density at radius 2 is 1.82 bits per heavy atom. The minimum Gasteiger partial charge on any atom is -0.369 e. The topological polar surface area (TPSA) is 81.2 Å². The van der Waals surface area contributed by atoms with E-state index in [1.54, 1.807) is 0 Å². The van der Waals surface area contributed by atoms with Gasteiger partial charge in [-0.1, -0.05) is 17.7 Å². The molecule has 0 radical (unpaired) electrons. The van der Waals surface area contributed by atoms with Gasteiger partial charge in [-0.2, -0.15) is 23.0 Å². The molecule has 0 aromatic carbocycles. The number of hydrogen-bond donors (Lipinski definition) is 0. The molecule has 5 rings (SSSR count). The molecule has 0 aliphatic carbocycles. The van der Waals surface area contributed by atoms with Crippen LogP contribution in [-0.4, -0.2) is 42.5 Å². The Balaban J connectivity index is 1.35.